The van der Waals surface area contributed by atoms with Gasteiger partial charge in [0, 0.05) is 5.56 Å². The lowest BCUT2D eigenvalue weighted by atomic mass is 10.0. The van der Waals surface area contributed by atoms with Gasteiger partial charge in [-0.2, -0.15) is 0 Å². The predicted molar refractivity (Wildman–Crippen MR) is 63.5 cm³/mol. The smallest absolute Gasteiger partial charge is 0.125 e. The maximum absolute atomic E-state index is 12.8. The molecule has 0 aromatic heterocycles. The molecule has 3 heteroatoms. The van der Waals surface area contributed by atoms with Crippen LogP contribution < -0.4 is 4.74 Å². The van der Waals surface area contributed by atoms with Gasteiger partial charge in [0.25, 0.3) is 0 Å². The van der Waals surface area contributed by atoms with Gasteiger partial charge in [-0.15, -0.1) is 0 Å². The van der Waals surface area contributed by atoms with Crippen molar-refractivity contribution in [3.05, 3.63) is 65.5 Å². The number of methoxy groups -OCH3 is 1. The summed E-state index contributed by atoms with van der Waals surface area (Å²) in [5.74, 6) is 0.297. The van der Waals surface area contributed by atoms with E-state index in [9.17, 15) is 9.50 Å². The number of rotatable bonds is 3. The number of para-hydroxylation sites is 1. The summed E-state index contributed by atoms with van der Waals surface area (Å²) in [6.45, 7) is 0. The first-order valence-electron chi connectivity index (χ1n) is 5.29. The molecule has 0 amide bonds. The van der Waals surface area contributed by atoms with Crippen LogP contribution in [0.2, 0.25) is 0 Å². The van der Waals surface area contributed by atoms with Crippen molar-refractivity contribution < 1.29 is 14.2 Å². The number of hydrogen-bond acceptors (Lipinski definition) is 2. The Morgan fingerprint density at radius 2 is 1.71 bits per heavy atom. The average Bonchev–Trinajstić information content (AvgIpc) is 2.39. The molecule has 1 N–H and O–H groups in total. The molecule has 0 aliphatic carbocycles. The molecule has 0 bridgehead atoms. The van der Waals surface area contributed by atoms with Gasteiger partial charge in [-0.25, -0.2) is 4.39 Å². The highest BCUT2D eigenvalue weighted by molar-refractivity contribution is 5.40. The fraction of sp³-hybridized carbons (Fsp3) is 0.143. The molecule has 88 valence electrons. The summed E-state index contributed by atoms with van der Waals surface area (Å²) in [6.07, 6.45) is -0.813. The summed E-state index contributed by atoms with van der Waals surface area (Å²) in [5, 5.41) is 10.2. The fourth-order valence-electron chi connectivity index (χ4n) is 1.72. The number of benzene rings is 2. The van der Waals surface area contributed by atoms with E-state index in [0.29, 0.717) is 16.9 Å². The Morgan fingerprint density at radius 3 is 2.35 bits per heavy atom. The SMILES string of the molecule is COc1ccccc1[C@@H](O)c1ccc(F)cc1. The highest BCUT2D eigenvalue weighted by atomic mass is 19.1. The van der Waals surface area contributed by atoms with Gasteiger partial charge in [-0.3, -0.25) is 0 Å². The molecular formula is C14H13FO2. The van der Waals surface area contributed by atoms with Crippen LogP contribution in [-0.4, -0.2) is 12.2 Å². The van der Waals surface area contributed by atoms with Gasteiger partial charge in [-0.05, 0) is 23.8 Å². The molecule has 17 heavy (non-hydrogen) atoms. The van der Waals surface area contributed by atoms with Gasteiger partial charge in [0.2, 0.25) is 0 Å². The van der Waals surface area contributed by atoms with Crippen LogP contribution in [-0.2, 0) is 0 Å². The standard InChI is InChI=1S/C14H13FO2/c1-17-13-5-3-2-4-12(13)14(16)10-6-8-11(15)9-7-10/h2-9,14,16H,1H3/t14-/m0/s1. The lowest BCUT2D eigenvalue weighted by Crippen LogP contribution is -2.02. The van der Waals surface area contributed by atoms with Crippen molar-refractivity contribution in [2.75, 3.05) is 7.11 Å². The Hall–Kier alpha value is -1.87. The number of ether oxygens (including phenoxy) is 1. The summed E-state index contributed by atoms with van der Waals surface area (Å²) >= 11 is 0. The van der Waals surface area contributed by atoms with Crippen LogP contribution in [0.4, 0.5) is 4.39 Å². The van der Waals surface area contributed by atoms with Crippen molar-refractivity contribution in [2.24, 2.45) is 0 Å². The molecule has 0 aliphatic heterocycles. The van der Waals surface area contributed by atoms with Crippen molar-refractivity contribution in [2.45, 2.75) is 6.10 Å². The normalized spacial score (nSPS) is 12.2. The zero-order valence-corrected chi connectivity index (χ0v) is 9.43. The average molecular weight is 232 g/mol. The topological polar surface area (TPSA) is 29.5 Å². The Balaban J connectivity index is 2.36. The zero-order valence-electron chi connectivity index (χ0n) is 9.43. The van der Waals surface area contributed by atoms with Gasteiger partial charge in [-0.1, -0.05) is 30.3 Å². The third kappa shape index (κ3) is 2.45. The van der Waals surface area contributed by atoms with E-state index in [-0.39, 0.29) is 5.82 Å². The molecule has 2 nitrogen and oxygen atoms in total. The van der Waals surface area contributed by atoms with Gasteiger partial charge in [0.05, 0.1) is 7.11 Å². The molecular weight excluding hydrogens is 219 g/mol. The summed E-state index contributed by atoms with van der Waals surface area (Å²) in [7, 11) is 1.55. The minimum Gasteiger partial charge on any atom is -0.496 e. The third-order valence-electron chi connectivity index (χ3n) is 2.62. The Kier molecular flexibility index (Phi) is 3.40. The lowest BCUT2D eigenvalue weighted by Gasteiger charge is -2.14. The van der Waals surface area contributed by atoms with Crippen molar-refractivity contribution in [3.63, 3.8) is 0 Å². The third-order valence-corrected chi connectivity index (χ3v) is 2.62. The molecule has 2 aromatic rings. The van der Waals surface area contributed by atoms with Crippen LogP contribution in [0.25, 0.3) is 0 Å². The van der Waals surface area contributed by atoms with Crippen LogP contribution >= 0.6 is 0 Å². The van der Waals surface area contributed by atoms with E-state index in [1.54, 1.807) is 31.4 Å². The van der Waals surface area contributed by atoms with Gasteiger partial charge in [0.1, 0.15) is 17.7 Å². The largest absolute Gasteiger partial charge is 0.496 e. The van der Waals surface area contributed by atoms with Crippen molar-refractivity contribution in [1.82, 2.24) is 0 Å². The van der Waals surface area contributed by atoms with Crippen LogP contribution in [0, 0.1) is 5.82 Å². The monoisotopic (exact) mass is 232 g/mol. The number of aliphatic hydroxyl groups excluding tert-OH is 1. The molecule has 0 radical (unpaired) electrons. The molecule has 0 aliphatic rings. The van der Waals surface area contributed by atoms with E-state index in [1.165, 1.54) is 12.1 Å². The molecule has 0 fully saturated rings. The molecule has 0 saturated carbocycles. The maximum atomic E-state index is 12.8. The molecule has 2 aromatic carbocycles. The van der Waals surface area contributed by atoms with Crippen LogP contribution in [0.15, 0.2) is 48.5 Å². The van der Waals surface area contributed by atoms with Gasteiger partial charge < -0.3 is 9.84 Å². The quantitative estimate of drug-likeness (QED) is 0.881. The van der Waals surface area contributed by atoms with E-state index >= 15 is 0 Å². The minimum atomic E-state index is -0.813. The maximum Gasteiger partial charge on any atom is 0.125 e. The molecule has 0 heterocycles. The first-order valence-corrected chi connectivity index (χ1v) is 5.29. The second-order valence-corrected chi connectivity index (χ2v) is 3.70. The van der Waals surface area contributed by atoms with Gasteiger partial charge >= 0.3 is 0 Å². The Morgan fingerprint density at radius 1 is 1.06 bits per heavy atom. The molecule has 1 atom stereocenters. The summed E-state index contributed by atoms with van der Waals surface area (Å²) in [4.78, 5) is 0. The predicted octanol–water partition coefficient (Wildman–Crippen LogP) is 2.92. The summed E-state index contributed by atoms with van der Waals surface area (Å²) < 4.78 is 18.0. The zero-order chi connectivity index (χ0) is 12.3. The fourth-order valence-corrected chi connectivity index (χ4v) is 1.72. The van der Waals surface area contributed by atoms with Gasteiger partial charge in [0.15, 0.2) is 0 Å². The Labute approximate surface area is 99.3 Å². The van der Waals surface area contributed by atoms with Crippen LogP contribution in [0.5, 0.6) is 5.75 Å². The highest BCUT2D eigenvalue weighted by Crippen LogP contribution is 2.29. The van der Waals surface area contributed by atoms with Crippen molar-refractivity contribution in [3.8, 4) is 5.75 Å². The summed E-state index contributed by atoms with van der Waals surface area (Å²) in [5.41, 5.74) is 1.30. The van der Waals surface area contributed by atoms with E-state index < -0.39 is 6.10 Å². The Bertz CT molecular complexity index is 494. The van der Waals surface area contributed by atoms with E-state index in [1.807, 2.05) is 12.1 Å². The van der Waals surface area contributed by atoms with E-state index in [0.717, 1.165) is 0 Å². The van der Waals surface area contributed by atoms with E-state index in [4.69, 9.17) is 4.74 Å². The summed E-state index contributed by atoms with van der Waals surface area (Å²) in [6, 6.07) is 13.0. The number of hydrogen-bond donors (Lipinski definition) is 1. The van der Waals surface area contributed by atoms with Crippen LogP contribution in [0.1, 0.15) is 17.2 Å². The molecule has 2 rings (SSSR count). The first-order chi connectivity index (χ1) is 8.22. The van der Waals surface area contributed by atoms with Crippen molar-refractivity contribution in [1.29, 1.82) is 0 Å². The highest BCUT2D eigenvalue weighted by Gasteiger charge is 2.14. The van der Waals surface area contributed by atoms with Crippen LogP contribution in [0.3, 0.4) is 0 Å². The number of halogens is 1. The lowest BCUT2D eigenvalue weighted by molar-refractivity contribution is 0.214. The molecule has 0 unspecified atom stereocenters. The number of aliphatic hydroxyl groups is 1. The second-order valence-electron chi connectivity index (χ2n) is 3.70. The minimum absolute atomic E-state index is 0.319. The molecule has 0 spiro atoms. The first kappa shape index (κ1) is 11.6. The second kappa shape index (κ2) is 4.97. The molecule has 0 saturated heterocycles. The van der Waals surface area contributed by atoms with E-state index in [2.05, 4.69) is 0 Å². The van der Waals surface area contributed by atoms with Crippen molar-refractivity contribution >= 4 is 0 Å².